The van der Waals surface area contributed by atoms with Crippen LogP contribution in [0.3, 0.4) is 0 Å². The maximum atomic E-state index is 13.7. The molecular weight excluding hydrogens is 584 g/mol. The highest BCUT2D eigenvalue weighted by atomic mass is 16.6. The monoisotopic (exact) mass is 632 g/mol. The van der Waals surface area contributed by atoms with Gasteiger partial charge in [-0.15, -0.1) is 0 Å². The van der Waals surface area contributed by atoms with Crippen molar-refractivity contribution in [3.63, 3.8) is 0 Å². The largest absolute Gasteiger partial charge is 0.455 e. The van der Waals surface area contributed by atoms with Crippen molar-refractivity contribution in [1.29, 1.82) is 0 Å². The summed E-state index contributed by atoms with van der Waals surface area (Å²) in [6.07, 6.45) is 0. The van der Waals surface area contributed by atoms with Crippen molar-refractivity contribution in [1.82, 2.24) is 4.98 Å². The lowest BCUT2D eigenvalue weighted by molar-refractivity contribution is -0.146. The zero-order chi connectivity index (χ0) is 34.7. The molecule has 0 fully saturated rings. The Morgan fingerprint density at radius 2 is 1.06 bits per heavy atom. The van der Waals surface area contributed by atoms with E-state index >= 15 is 0 Å². The second-order valence-corrected chi connectivity index (χ2v) is 16.5. The van der Waals surface area contributed by atoms with Crippen LogP contribution in [-0.2, 0) is 25.1 Å². The predicted octanol–water partition coefficient (Wildman–Crippen LogP) is 9.78. The fourth-order valence-electron chi connectivity index (χ4n) is 5.70. The van der Waals surface area contributed by atoms with Gasteiger partial charge in [0.25, 0.3) is 0 Å². The Morgan fingerprint density at radius 1 is 0.596 bits per heavy atom. The number of H-pyrrole nitrogens is 1. The highest BCUT2D eigenvalue weighted by molar-refractivity contribution is 6.47. The summed E-state index contributed by atoms with van der Waals surface area (Å²) in [5.74, 6) is -0.920. The molecule has 3 aromatic carbocycles. The molecule has 0 bridgehead atoms. The van der Waals surface area contributed by atoms with Crippen LogP contribution in [0.1, 0.15) is 127 Å². The molecule has 1 aliphatic heterocycles. The molecule has 0 aliphatic carbocycles. The van der Waals surface area contributed by atoms with Crippen molar-refractivity contribution in [2.24, 2.45) is 4.99 Å². The maximum absolute atomic E-state index is 13.7. The van der Waals surface area contributed by atoms with Gasteiger partial charge >= 0.3 is 11.9 Å². The first-order valence-electron chi connectivity index (χ1n) is 16.3. The van der Waals surface area contributed by atoms with Crippen LogP contribution in [0, 0.1) is 0 Å². The minimum Gasteiger partial charge on any atom is -0.455 e. The van der Waals surface area contributed by atoms with Gasteiger partial charge in [0.15, 0.2) is 5.71 Å². The zero-order valence-electron chi connectivity index (χ0n) is 29.9. The number of fused-ring (bicyclic) bond motifs is 2. The smallest absolute Gasteiger partial charge is 0.358 e. The average molecular weight is 633 g/mol. The molecular formula is C41H48N2O4. The van der Waals surface area contributed by atoms with E-state index in [0.717, 1.165) is 33.2 Å². The number of aromatic nitrogens is 1. The van der Waals surface area contributed by atoms with Crippen molar-refractivity contribution < 1.29 is 19.1 Å². The Bertz CT molecular complexity index is 1910. The molecule has 2 heterocycles. The molecule has 0 saturated carbocycles. The van der Waals surface area contributed by atoms with E-state index in [4.69, 9.17) is 14.5 Å². The third-order valence-corrected chi connectivity index (χ3v) is 8.01. The Labute approximate surface area is 279 Å². The lowest BCUT2D eigenvalue weighted by atomic mass is 9.78. The molecule has 0 saturated heterocycles. The number of nitrogens with zero attached hydrogens (tertiary/aromatic N) is 1. The number of carbonyl (C=O) groups is 2. The zero-order valence-corrected chi connectivity index (χ0v) is 29.9. The number of hydrogen-bond acceptors (Lipinski definition) is 5. The van der Waals surface area contributed by atoms with Crippen LogP contribution >= 0.6 is 0 Å². The van der Waals surface area contributed by atoms with Gasteiger partial charge in [-0.2, -0.15) is 0 Å². The first kappa shape index (κ1) is 33.9. The van der Waals surface area contributed by atoms with Crippen molar-refractivity contribution in [2.45, 2.75) is 105 Å². The van der Waals surface area contributed by atoms with E-state index in [9.17, 15) is 9.59 Å². The number of aliphatic imine (C=N–C) groups is 1. The summed E-state index contributed by atoms with van der Waals surface area (Å²) in [6.45, 7) is 24.4. The van der Waals surface area contributed by atoms with Gasteiger partial charge in [-0.25, -0.2) is 14.6 Å². The number of benzene rings is 3. The van der Waals surface area contributed by atoms with Crippen molar-refractivity contribution >= 4 is 39.7 Å². The molecule has 6 heteroatoms. The van der Waals surface area contributed by atoms with E-state index in [2.05, 4.69) is 64.7 Å². The predicted molar refractivity (Wildman–Crippen MR) is 192 cm³/mol. The molecule has 0 radical (unpaired) electrons. The lowest BCUT2D eigenvalue weighted by Crippen LogP contribution is -2.28. The molecule has 47 heavy (non-hydrogen) atoms. The van der Waals surface area contributed by atoms with Crippen molar-refractivity contribution in [3.8, 4) is 0 Å². The summed E-state index contributed by atoms with van der Waals surface area (Å²) in [5, 5.41) is 1.60. The molecule has 0 spiro atoms. The van der Waals surface area contributed by atoms with E-state index in [0.29, 0.717) is 17.0 Å². The topological polar surface area (TPSA) is 80.8 Å². The fraction of sp³-hybridized carbons (Fsp3) is 0.390. The summed E-state index contributed by atoms with van der Waals surface area (Å²) in [5.41, 5.74) is 5.92. The Balaban J connectivity index is 1.93. The summed E-state index contributed by atoms with van der Waals surface area (Å²) in [4.78, 5) is 35.9. The molecule has 0 unspecified atom stereocenters. The number of hydrogen-bond donors (Lipinski definition) is 1. The number of nitrogens with one attached hydrogen (secondary N) is 1. The molecule has 246 valence electrons. The highest BCUT2D eigenvalue weighted by Crippen LogP contribution is 2.43. The summed E-state index contributed by atoms with van der Waals surface area (Å²) in [7, 11) is 0. The van der Waals surface area contributed by atoms with Crippen LogP contribution in [0.4, 0.5) is 0 Å². The van der Waals surface area contributed by atoms with Crippen molar-refractivity contribution in [3.05, 3.63) is 106 Å². The number of carbonyl (C=O) groups excluding carboxylic acids is 2. The minimum atomic E-state index is -0.690. The normalized spacial score (nSPS) is 14.9. The minimum absolute atomic E-state index is 0.149. The van der Waals surface area contributed by atoms with E-state index in [1.165, 1.54) is 11.1 Å². The second kappa shape index (κ2) is 11.7. The van der Waals surface area contributed by atoms with E-state index in [-0.39, 0.29) is 16.5 Å². The molecule has 6 nitrogen and oxygen atoms in total. The summed E-state index contributed by atoms with van der Waals surface area (Å²) >= 11 is 0. The molecule has 4 aromatic rings. The number of esters is 2. The first-order chi connectivity index (χ1) is 21.6. The quantitative estimate of drug-likeness (QED) is 0.227. The van der Waals surface area contributed by atoms with Gasteiger partial charge in [0.2, 0.25) is 0 Å². The van der Waals surface area contributed by atoms with Crippen molar-refractivity contribution in [2.75, 3.05) is 0 Å². The van der Waals surface area contributed by atoms with Crippen LogP contribution in [0.15, 0.2) is 71.7 Å². The first-order valence-corrected chi connectivity index (χ1v) is 16.3. The average Bonchev–Trinajstić information content (AvgIpc) is 3.50. The molecule has 0 amide bonds. The van der Waals surface area contributed by atoms with Gasteiger partial charge in [0.1, 0.15) is 16.9 Å². The summed E-state index contributed by atoms with van der Waals surface area (Å²) < 4.78 is 11.7. The Kier molecular flexibility index (Phi) is 8.41. The molecule has 1 aliphatic rings. The van der Waals surface area contributed by atoms with E-state index < -0.39 is 23.1 Å². The maximum Gasteiger partial charge on any atom is 0.358 e. The van der Waals surface area contributed by atoms with Crippen LogP contribution < -0.4 is 0 Å². The molecule has 5 rings (SSSR count). The van der Waals surface area contributed by atoms with Crippen LogP contribution in [0.5, 0.6) is 0 Å². The van der Waals surface area contributed by atoms with Crippen LogP contribution in [-0.4, -0.2) is 33.8 Å². The summed E-state index contributed by atoms with van der Waals surface area (Å²) in [6, 6.07) is 22.3. The second-order valence-electron chi connectivity index (χ2n) is 16.5. The van der Waals surface area contributed by atoms with Gasteiger partial charge in [-0.3, -0.25) is 0 Å². The molecule has 0 atom stereocenters. The molecule has 1 N–H and O–H groups in total. The standard InChI is InChI=1S/C41H48N2O4/c1-38(2,3)25-21-24(22-26(23-25)39(4,5)6)31(32-27-17-13-15-19-29(27)34(42-32)36(44)46-40(7,8)9)33-28-18-14-16-20-30(28)35(43-33)37(45)47-41(10,11)12/h13-23,42H,1-12H3/b33-31-. The SMILES string of the molecule is CC(C)(C)OC(=O)C1=N/C(=C(/c2cc(C(C)(C)C)cc(C(C)(C)C)c2)c2[nH]c(C(=O)OC(C)(C)C)c3ccccc23)c2ccccc21. The number of rotatable bonds is 4. The highest BCUT2D eigenvalue weighted by Gasteiger charge is 2.34. The van der Waals surface area contributed by atoms with Gasteiger partial charge in [0.05, 0.1) is 11.4 Å². The van der Waals surface area contributed by atoms with Gasteiger partial charge in [-0.05, 0) is 69.1 Å². The number of aromatic amines is 1. The van der Waals surface area contributed by atoms with Crippen LogP contribution in [0.25, 0.3) is 22.0 Å². The Morgan fingerprint density at radius 3 is 1.57 bits per heavy atom. The molecule has 1 aromatic heterocycles. The van der Waals surface area contributed by atoms with Gasteiger partial charge < -0.3 is 14.5 Å². The van der Waals surface area contributed by atoms with Gasteiger partial charge in [-0.1, -0.05) is 108 Å². The Hall–Kier alpha value is -4.45. The number of ether oxygens (including phenoxy) is 2. The van der Waals surface area contributed by atoms with Crippen LogP contribution in [0.2, 0.25) is 0 Å². The van der Waals surface area contributed by atoms with E-state index in [1.54, 1.807) is 0 Å². The fourth-order valence-corrected chi connectivity index (χ4v) is 5.70. The van der Waals surface area contributed by atoms with E-state index in [1.807, 2.05) is 90.1 Å². The third-order valence-electron chi connectivity index (χ3n) is 8.01. The third kappa shape index (κ3) is 7.12. The van der Waals surface area contributed by atoms with Gasteiger partial charge in [0, 0.05) is 27.5 Å². The lowest BCUT2D eigenvalue weighted by Gasteiger charge is -2.27.